The summed E-state index contributed by atoms with van der Waals surface area (Å²) in [6.07, 6.45) is 6.88. The van der Waals surface area contributed by atoms with Gasteiger partial charge in [-0.05, 0) is 18.1 Å². The molecule has 2 aromatic rings. The Bertz CT molecular complexity index is 628. The molecule has 1 fully saturated rings. The third-order valence-corrected chi connectivity index (χ3v) is 4.05. The van der Waals surface area contributed by atoms with Crippen molar-refractivity contribution in [2.24, 2.45) is 5.92 Å². The van der Waals surface area contributed by atoms with E-state index in [2.05, 4.69) is 28.7 Å². The maximum absolute atomic E-state index is 12.6. The molecule has 0 spiro atoms. The summed E-state index contributed by atoms with van der Waals surface area (Å²) in [6.45, 7) is 9.03. The Morgan fingerprint density at radius 1 is 1.22 bits per heavy atom. The molecule has 6 heteroatoms. The highest BCUT2D eigenvalue weighted by Crippen LogP contribution is 2.11. The fourth-order valence-corrected chi connectivity index (χ4v) is 2.89. The maximum Gasteiger partial charge on any atom is 0.255 e. The molecule has 3 rings (SSSR count). The van der Waals surface area contributed by atoms with Crippen molar-refractivity contribution in [1.29, 1.82) is 0 Å². The second-order valence-corrected chi connectivity index (χ2v) is 6.36. The molecule has 6 nitrogen and oxygen atoms in total. The SMILES string of the molecule is CC(C)CN1CCN(C(=O)c2ccc(-n3ccnc3)nc2)CC1. The highest BCUT2D eigenvalue weighted by Gasteiger charge is 2.22. The second-order valence-electron chi connectivity index (χ2n) is 6.36. The van der Waals surface area contributed by atoms with Crippen LogP contribution >= 0.6 is 0 Å². The summed E-state index contributed by atoms with van der Waals surface area (Å²) >= 11 is 0. The number of hydrogen-bond donors (Lipinski definition) is 0. The Balaban J connectivity index is 1.60. The monoisotopic (exact) mass is 313 g/mol. The van der Waals surface area contributed by atoms with Gasteiger partial charge in [-0.15, -0.1) is 0 Å². The van der Waals surface area contributed by atoms with Gasteiger partial charge in [0.2, 0.25) is 0 Å². The van der Waals surface area contributed by atoms with E-state index in [1.807, 2.05) is 27.8 Å². The minimum absolute atomic E-state index is 0.0684. The lowest BCUT2D eigenvalue weighted by Gasteiger charge is -2.35. The van der Waals surface area contributed by atoms with E-state index in [-0.39, 0.29) is 5.91 Å². The highest BCUT2D eigenvalue weighted by atomic mass is 16.2. The van der Waals surface area contributed by atoms with Crippen molar-refractivity contribution in [2.75, 3.05) is 32.7 Å². The van der Waals surface area contributed by atoms with Gasteiger partial charge in [-0.1, -0.05) is 13.8 Å². The van der Waals surface area contributed by atoms with Crippen LogP contribution in [0.4, 0.5) is 0 Å². The van der Waals surface area contributed by atoms with Crippen molar-refractivity contribution in [3.8, 4) is 5.82 Å². The number of hydrogen-bond acceptors (Lipinski definition) is 4. The standard InChI is InChI=1S/C17H23N5O/c1-14(2)12-20-7-9-21(10-8-20)17(23)15-3-4-16(19-11-15)22-6-5-18-13-22/h3-6,11,13-14H,7-10,12H2,1-2H3. The van der Waals surface area contributed by atoms with Crippen LogP contribution in [0.25, 0.3) is 5.82 Å². The van der Waals surface area contributed by atoms with Gasteiger partial charge < -0.3 is 4.90 Å². The fraction of sp³-hybridized carbons (Fsp3) is 0.471. The maximum atomic E-state index is 12.6. The molecule has 1 aliphatic heterocycles. The van der Waals surface area contributed by atoms with E-state index in [9.17, 15) is 4.79 Å². The number of rotatable bonds is 4. The first-order valence-corrected chi connectivity index (χ1v) is 8.09. The van der Waals surface area contributed by atoms with Crippen molar-refractivity contribution in [3.63, 3.8) is 0 Å². The van der Waals surface area contributed by atoms with Gasteiger partial charge in [0.25, 0.3) is 5.91 Å². The van der Waals surface area contributed by atoms with Gasteiger partial charge in [0.05, 0.1) is 5.56 Å². The zero-order valence-corrected chi connectivity index (χ0v) is 13.7. The van der Waals surface area contributed by atoms with E-state index in [0.29, 0.717) is 11.5 Å². The molecule has 0 unspecified atom stereocenters. The normalized spacial score (nSPS) is 16.0. The van der Waals surface area contributed by atoms with E-state index < -0.39 is 0 Å². The first kappa shape index (κ1) is 15.7. The summed E-state index contributed by atoms with van der Waals surface area (Å²) in [5.41, 5.74) is 0.645. The number of amides is 1. The minimum atomic E-state index is 0.0684. The first-order valence-electron chi connectivity index (χ1n) is 8.09. The van der Waals surface area contributed by atoms with Crippen molar-refractivity contribution in [1.82, 2.24) is 24.3 Å². The number of imidazole rings is 1. The molecule has 0 aromatic carbocycles. The number of nitrogens with zero attached hydrogens (tertiary/aromatic N) is 5. The van der Waals surface area contributed by atoms with E-state index in [1.165, 1.54) is 0 Å². The average molecular weight is 313 g/mol. The van der Waals surface area contributed by atoms with Gasteiger partial charge in [0.15, 0.2) is 0 Å². The quantitative estimate of drug-likeness (QED) is 0.862. The summed E-state index contributed by atoms with van der Waals surface area (Å²) in [5.74, 6) is 1.50. The molecule has 1 amide bonds. The molecule has 0 saturated carbocycles. The number of carbonyl (C=O) groups excluding carboxylic acids is 1. The smallest absolute Gasteiger partial charge is 0.255 e. The van der Waals surface area contributed by atoms with Crippen LogP contribution in [0.3, 0.4) is 0 Å². The molecule has 1 aliphatic rings. The van der Waals surface area contributed by atoms with E-state index >= 15 is 0 Å². The van der Waals surface area contributed by atoms with Crippen molar-refractivity contribution in [3.05, 3.63) is 42.6 Å². The van der Waals surface area contributed by atoms with Crippen molar-refractivity contribution in [2.45, 2.75) is 13.8 Å². The Hall–Kier alpha value is -2.21. The molecule has 0 bridgehead atoms. The zero-order valence-electron chi connectivity index (χ0n) is 13.7. The second kappa shape index (κ2) is 6.91. The number of carbonyl (C=O) groups is 1. The molecule has 1 saturated heterocycles. The van der Waals surface area contributed by atoms with E-state index in [0.717, 1.165) is 38.5 Å². The molecule has 122 valence electrons. The summed E-state index contributed by atoms with van der Waals surface area (Å²) in [7, 11) is 0. The average Bonchev–Trinajstić information content (AvgIpc) is 3.09. The van der Waals surface area contributed by atoms with Gasteiger partial charge in [0.1, 0.15) is 12.1 Å². The number of aromatic nitrogens is 3. The molecular weight excluding hydrogens is 290 g/mol. The Kier molecular flexibility index (Phi) is 4.71. The van der Waals surface area contributed by atoms with Gasteiger partial charge >= 0.3 is 0 Å². The summed E-state index contributed by atoms with van der Waals surface area (Å²) in [5, 5.41) is 0. The van der Waals surface area contributed by atoms with Crippen LogP contribution in [-0.4, -0.2) is 63.0 Å². The highest BCUT2D eigenvalue weighted by molar-refractivity contribution is 5.94. The zero-order chi connectivity index (χ0) is 16.2. The van der Waals surface area contributed by atoms with Gasteiger partial charge in [-0.25, -0.2) is 9.97 Å². The first-order chi connectivity index (χ1) is 11.1. The van der Waals surface area contributed by atoms with Crippen LogP contribution in [0, 0.1) is 5.92 Å². The molecule has 0 atom stereocenters. The van der Waals surface area contributed by atoms with E-state index in [1.54, 1.807) is 18.7 Å². The van der Waals surface area contributed by atoms with Crippen LogP contribution in [0.2, 0.25) is 0 Å². The Morgan fingerprint density at radius 3 is 2.57 bits per heavy atom. The molecule has 0 aliphatic carbocycles. The Labute approximate surface area is 136 Å². The van der Waals surface area contributed by atoms with Gasteiger partial charge in [0, 0.05) is 51.3 Å². The van der Waals surface area contributed by atoms with Crippen LogP contribution in [0.15, 0.2) is 37.1 Å². The van der Waals surface area contributed by atoms with E-state index in [4.69, 9.17) is 0 Å². The summed E-state index contributed by atoms with van der Waals surface area (Å²) in [4.78, 5) is 25.3. The van der Waals surface area contributed by atoms with Crippen LogP contribution in [-0.2, 0) is 0 Å². The van der Waals surface area contributed by atoms with Crippen LogP contribution in [0.5, 0.6) is 0 Å². The largest absolute Gasteiger partial charge is 0.336 e. The predicted octanol–water partition coefficient (Wildman–Crippen LogP) is 1.68. The lowest BCUT2D eigenvalue weighted by Crippen LogP contribution is -2.49. The van der Waals surface area contributed by atoms with Crippen molar-refractivity contribution < 1.29 is 4.79 Å². The molecule has 23 heavy (non-hydrogen) atoms. The molecule has 0 N–H and O–H groups in total. The molecule has 2 aromatic heterocycles. The van der Waals surface area contributed by atoms with Crippen LogP contribution < -0.4 is 0 Å². The molecule has 0 radical (unpaired) electrons. The minimum Gasteiger partial charge on any atom is -0.336 e. The number of pyridine rings is 1. The summed E-state index contributed by atoms with van der Waals surface area (Å²) in [6, 6.07) is 3.69. The lowest BCUT2D eigenvalue weighted by molar-refractivity contribution is 0.0623. The summed E-state index contributed by atoms with van der Waals surface area (Å²) < 4.78 is 1.82. The topological polar surface area (TPSA) is 54.3 Å². The third-order valence-electron chi connectivity index (χ3n) is 4.05. The predicted molar refractivity (Wildman–Crippen MR) is 88.5 cm³/mol. The lowest BCUT2D eigenvalue weighted by atomic mass is 10.1. The fourth-order valence-electron chi connectivity index (χ4n) is 2.89. The van der Waals surface area contributed by atoms with Gasteiger partial charge in [-0.2, -0.15) is 0 Å². The Morgan fingerprint density at radius 2 is 2.00 bits per heavy atom. The number of piperazine rings is 1. The van der Waals surface area contributed by atoms with Gasteiger partial charge in [-0.3, -0.25) is 14.3 Å². The van der Waals surface area contributed by atoms with Crippen molar-refractivity contribution >= 4 is 5.91 Å². The third kappa shape index (κ3) is 3.76. The molecular formula is C17H23N5O. The van der Waals surface area contributed by atoms with Crippen LogP contribution in [0.1, 0.15) is 24.2 Å². The molecule has 3 heterocycles.